The minimum absolute atomic E-state index is 0.0364. The Morgan fingerprint density at radius 2 is 1.78 bits per heavy atom. The Labute approximate surface area is 283 Å². The number of phenols is 2. The molecule has 0 aromatic heterocycles. The summed E-state index contributed by atoms with van der Waals surface area (Å²) in [7, 11) is 1.28. The topological polar surface area (TPSA) is 279 Å². The molecule has 0 spiro atoms. The number of ether oxygens (including phenoxy) is 4. The number of amides is 1. The van der Waals surface area contributed by atoms with Crippen LogP contribution in [-0.2, 0) is 39.8 Å². The van der Waals surface area contributed by atoms with E-state index in [1.54, 1.807) is 0 Å². The number of nitrogens with one attached hydrogen (secondary N) is 1. The van der Waals surface area contributed by atoms with E-state index in [9.17, 15) is 54.3 Å². The molecule has 2 aromatic rings. The number of aliphatic hydroxyl groups is 2. The first-order chi connectivity index (χ1) is 23.5. The largest absolute Gasteiger partial charge is 0.507 e. The molecule has 7 atom stereocenters. The highest BCUT2D eigenvalue weighted by Gasteiger charge is 2.50. The van der Waals surface area contributed by atoms with Crippen molar-refractivity contribution in [3.63, 3.8) is 0 Å². The minimum atomic E-state index is -2.50. The number of Topliss-reactive ketones (excluding diaryl/α,β-unsaturated/α-hetero) is 1. The molecule has 17 nitrogen and oxygen atoms in total. The van der Waals surface area contributed by atoms with Crippen LogP contribution in [0.3, 0.4) is 0 Å². The maximum Gasteiger partial charge on any atom is 0.326 e. The van der Waals surface area contributed by atoms with E-state index < -0.39 is 126 Å². The zero-order valence-corrected chi connectivity index (χ0v) is 27.1. The number of benzene rings is 2. The van der Waals surface area contributed by atoms with Gasteiger partial charge >= 0.3 is 11.9 Å². The van der Waals surface area contributed by atoms with Crippen molar-refractivity contribution in [2.24, 2.45) is 5.73 Å². The maximum atomic E-state index is 13.8. The lowest BCUT2D eigenvalue weighted by atomic mass is 9.72. The number of hydrogen-bond donors (Lipinski definition) is 7. The Bertz CT molecular complexity index is 1780. The zero-order valence-electron chi connectivity index (χ0n) is 27.1. The predicted molar refractivity (Wildman–Crippen MR) is 165 cm³/mol. The molecule has 5 rings (SSSR count). The number of ketones is 3. The van der Waals surface area contributed by atoms with Gasteiger partial charge in [-0.2, -0.15) is 0 Å². The highest BCUT2D eigenvalue weighted by Crippen LogP contribution is 2.52. The summed E-state index contributed by atoms with van der Waals surface area (Å²) in [5.74, 6) is -7.85. The highest BCUT2D eigenvalue weighted by molar-refractivity contribution is 6.31. The second kappa shape index (κ2) is 13.8. The molecule has 3 aliphatic rings. The lowest BCUT2D eigenvalue weighted by Gasteiger charge is -2.42. The molecule has 2 aliphatic carbocycles. The SMILES string of the molecule is COc1cccc2c1C(=O)c1c(O)c3c(c(O)c1C2=O)C[C@@](O)(C(=O)COC(=O)C[C@H](NC(C)=O)C(=O)O)C[C@@H]3O[C@H]1C[C@H](N)[C@H](O)[C@H](C)O1. The van der Waals surface area contributed by atoms with Crippen LogP contribution in [0.15, 0.2) is 18.2 Å². The second-order valence-corrected chi connectivity index (χ2v) is 12.5. The second-order valence-electron chi connectivity index (χ2n) is 12.5. The standard InChI is InChI=1S/C33H36N2O15/c1-12-27(39)16(34)7-22(49-12)50-19-10-33(46,20(37)11-48-21(38)8-17(32(44)45)35-13(2)36)9-15-24(19)31(43)26-25(29(15)41)28(40)14-5-4-6-18(47-3)23(14)30(26)42/h4-6,12,16-17,19,22,27,39,41,43,46H,7-11,34H2,1-3H3,(H,35,36)(H,44,45)/t12-,16-,17-,19-,22-,27+,33-/m0/s1. The number of phenolic OH excluding ortho intramolecular Hbond substituents is 2. The molecular formula is C33H36N2O15. The molecule has 1 fully saturated rings. The van der Waals surface area contributed by atoms with Crippen LogP contribution in [0, 0.1) is 0 Å². The summed E-state index contributed by atoms with van der Waals surface area (Å²) in [5, 5.41) is 56.6. The van der Waals surface area contributed by atoms with Crippen molar-refractivity contribution in [1.82, 2.24) is 5.32 Å². The van der Waals surface area contributed by atoms with Gasteiger partial charge in [0.05, 0.1) is 48.5 Å². The fraction of sp³-hybridized carbons (Fsp3) is 0.455. The number of rotatable bonds is 10. The average molecular weight is 701 g/mol. The zero-order chi connectivity index (χ0) is 36.8. The van der Waals surface area contributed by atoms with E-state index in [0.717, 1.165) is 6.92 Å². The Hall–Kier alpha value is -4.94. The molecule has 1 aliphatic heterocycles. The van der Waals surface area contributed by atoms with Crippen molar-refractivity contribution >= 4 is 35.2 Å². The first-order valence-corrected chi connectivity index (χ1v) is 15.5. The first kappa shape index (κ1) is 36.3. The van der Waals surface area contributed by atoms with Gasteiger partial charge in [0.25, 0.3) is 0 Å². The van der Waals surface area contributed by atoms with Crippen LogP contribution in [-0.4, -0.2) is 111 Å². The van der Waals surface area contributed by atoms with Crippen LogP contribution in [0.1, 0.15) is 82.2 Å². The van der Waals surface area contributed by atoms with Crippen LogP contribution in [0.2, 0.25) is 0 Å². The van der Waals surface area contributed by atoms with Crippen molar-refractivity contribution in [3.05, 3.63) is 51.6 Å². The number of carbonyl (C=O) groups is 6. The number of esters is 1. The Kier molecular flexibility index (Phi) is 10.00. The summed E-state index contributed by atoms with van der Waals surface area (Å²) in [6.45, 7) is 1.48. The lowest BCUT2D eigenvalue weighted by Crippen LogP contribution is -2.53. The third-order valence-corrected chi connectivity index (χ3v) is 9.07. The Morgan fingerprint density at radius 3 is 2.40 bits per heavy atom. The van der Waals surface area contributed by atoms with Gasteiger partial charge in [0.15, 0.2) is 18.7 Å². The Balaban J connectivity index is 1.53. The molecule has 268 valence electrons. The van der Waals surface area contributed by atoms with Gasteiger partial charge in [-0.05, 0) is 13.0 Å². The van der Waals surface area contributed by atoms with E-state index >= 15 is 0 Å². The summed E-state index contributed by atoms with van der Waals surface area (Å²) in [6.07, 6.45) is -6.92. The van der Waals surface area contributed by atoms with Crippen molar-refractivity contribution in [3.8, 4) is 17.2 Å². The van der Waals surface area contributed by atoms with Crippen LogP contribution in [0.25, 0.3) is 0 Å². The molecule has 1 heterocycles. The number of nitrogens with two attached hydrogens (primary N) is 1. The van der Waals surface area contributed by atoms with Gasteiger partial charge in [0.2, 0.25) is 17.5 Å². The molecule has 17 heteroatoms. The van der Waals surface area contributed by atoms with Gasteiger partial charge in [-0.3, -0.25) is 24.0 Å². The fourth-order valence-electron chi connectivity index (χ4n) is 6.55. The van der Waals surface area contributed by atoms with E-state index in [4.69, 9.17) is 24.7 Å². The van der Waals surface area contributed by atoms with Gasteiger partial charge in [-0.15, -0.1) is 0 Å². The summed E-state index contributed by atoms with van der Waals surface area (Å²) in [6, 6.07) is 1.74. The van der Waals surface area contributed by atoms with Gasteiger partial charge < -0.3 is 55.5 Å². The van der Waals surface area contributed by atoms with E-state index in [0.29, 0.717) is 0 Å². The summed E-state index contributed by atoms with van der Waals surface area (Å²) >= 11 is 0. The number of fused-ring (bicyclic) bond motifs is 3. The highest BCUT2D eigenvalue weighted by atomic mass is 16.7. The first-order valence-electron chi connectivity index (χ1n) is 15.5. The van der Waals surface area contributed by atoms with Crippen LogP contribution < -0.4 is 15.8 Å². The summed E-state index contributed by atoms with van der Waals surface area (Å²) in [4.78, 5) is 76.3. The fourth-order valence-corrected chi connectivity index (χ4v) is 6.55. The number of hydrogen-bond acceptors (Lipinski definition) is 15. The van der Waals surface area contributed by atoms with E-state index in [1.165, 1.54) is 32.2 Å². The molecule has 1 amide bonds. The number of carboxylic acid groups (broad SMARTS) is 1. The number of aromatic hydroxyl groups is 2. The van der Waals surface area contributed by atoms with Crippen molar-refractivity contribution in [1.29, 1.82) is 0 Å². The van der Waals surface area contributed by atoms with Gasteiger partial charge in [-0.1, -0.05) is 12.1 Å². The van der Waals surface area contributed by atoms with Crippen LogP contribution in [0.5, 0.6) is 17.2 Å². The molecule has 0 saturated carbocycles. The molecule has 2 aromatic carbocycles. The molecule has 0 radical (unpaired) electrons. The van der Waals surface area contributed by atoms with E-state index in [1.807, 2.05) is 0 Å². The average Bonchev–Trinajstić information content (AvgIpc) is 3.05. The van der Waals surface area contributed by atoms with E-state index in [2.05, 4.69) is 5.32 Å². The quantitative estimate of drug-likeness (QED) is 0.104. The number of carbonyl (C=O) groups excluding carboxylic acids is 5. The number of aliphatic hydroxyl groups excluding tert-OH is 1. The number of carboxylic acids is 1. The predicted octanol–water partition coefficient (Wildman–Crippen LogP) is -0.468. The normalized spacial score (nSPS) is 26.2. The molecular weight excluding hydrogens is 664 g/mol. The summed E-state index contributed by atoms with van der Waals surface area (Å²) < 4.78 is 22.1. The third kappa shape index (κ3) is 6.52. The molecule has 0 unspecified atom stereocenters. The Morgan fingerprint density at radius 1 is 1.10 bits per heavy atom. The molecule has 1 saturated heterocycles. The maximum absolute atomic E-state index is 13.8. The van der Waals surface area contributed by atoms with Crippen molar-refractivity contribution in [2.45, 2.75) is 81.8 Å². The van der Waals surface area contributed by atoms with Crippen molar-refractivity contribution < 1.29 is 73.2 Å². The number of methoxy groups -OCH3 is 1. The molecule has 50 heavy (non-hydrogen) atoms. The monoisotopic (exact) mass is 700 g/mol. The van der Waals surface area contributed by atoms with Crippen molar-refractivity contribution in [2.75, 3.05) is 13.7 Å². The molecule has 8 N–H and O–H groups in total. The number of aliphatic carboxylic acids is 1. The summed E-state index contributed by atoms with van der Waals surface area (Å²) in [5.41, 5.74) is 1.58. The molecule has 0 bridgehead atoms. The van der Waals surface area contributed by atoms with E-state index in [-0.39, 0.29) is 34.4 Å². The third-order valence-electron chi connectivity index (χ3n) is 9.07. The lowest BCUT2D eigenvalue weighted by molar-refractivity contribution is -0.247. The van der Waals surface area contributed by atoms with Crippen LogP contribution >= 0.6 is 0 Å². The van der Waals surface area contributed by atoms with Gasteiger partial charge in [-0.25, -0.2) is 4.79 Å². The minimum Gasteiger partial charge on any atom is -0.507 e. The van der Waals surface area contributed by atoms with Gasteiger partial charge in [0.1, 0.15) is 28.9 Å². The van der Waals surface area contributed by atoms with Gasteiger partial charge in [0, 0.05) is 48.9 Å². The smallest absolute Gasteiger partial charge is 0.326 e. The van der Waals surface area contributed by atoms with Crippen LogP contribution in [0.4, 0.5) is 0 Å².